The molecular formula is C19H26N2OS. The first-order valence-corrected chi connectivity index (χ1v) is 9.55. The van der Waals surface area contributed by atoms with Gasteiger partial charge in [-0.15, -0.1) is 11.3 Å². The van der Waals surface area contributed by atoms with Crippen LogP contribution in [0.1, 0.15) is 44.0 Å². The molecule has 1 fully saturated rings. The highest BCUT2D eigenvalue weighted by Gasteiger charge is 2.13. The highest BCUT2D eigenvalue weighted by atomic mass is 32.1. The highest BCUT2D eigenvalue weighted by Crippen LogP contribution is 2.28. The van der Waals surface area contributed by atoms with Crippen LogP contribution >= 0.6 is 11.3 Å². The summed E-state index contributed by atoms with van der Waals surface area (Å²) in [7, 11) is 0. The van der Waals surface area contributed by atoms with Gasteiger partial charge < -0.3 is 10.1 Å². The average Bonchev–Trinajstić information content (AvgIpc) is 3.06. The second-order valence-corrected chi connectivity index (χ2v) is 7.33. The highest BCUT2D eigenvalue weighted by molar-refractivity contribution is 7.15. The molecule has 1 saturated carbocycles. The largest absolute Gasteiger partial charge is 0.494 e. The number of hydrogen-bond donors (Lipinski definition) is 1. The molecule has 0 atom stereocenters. The maximum atomic E-state index is 5.49. The zero-order valence-corrected chi connectivity index (χ0v) is 14.7. The predicted molar refractivity (Wildman–Crippen MR) is 97.0 cm³/mol. The molecule has 0 aliphatic heterocycles. The van der Waals surface area contributed by atoms with Crippen LogP contribution in [-0.2, 0) is 6.54 Å². The predicted octanol–water partition coefficient (Wildman–Crippen LogP) is 4.88. The lowest BCUT2D eigenvalue weighted by atomic mass is 9.89. The molecule has 0 radical (unpaired) electrons. The third-order valence-electron chi connectivity index (χ3n) is 4.44. The Morgan fingerprint density at radius 1 is 1.17 bits per heavy atom. The van der Waals surface area contributed by atoms with E-state index in [1.165, 1.54) is 47.6 Å². The summed E-state index contributed by atoms with van der Waals surface area (Å²) in [5.74, 6) is 1.80. The SMILES string of the molecule is CCOc1ccc(-c2cnc(CNCC3CCCCC3)s2)cc1. The minimum Gasteiger partial charge on any atom is -0.494 e. The van der Waals surface area contributed by atoms with Gasteiger partial charge in [-0.25, -0.2) is 4.98 Å². The number of thiazole rings is 1. The lowest BCUT2D eigenvalue weighted by Gasteiger charge is -2.21. The second-order valence-electron chi connectivity index (χ2n) is 6.21. The zero-order valence-electron chi connectivity index (χ0n) is 13.9. The molecule has 1 N–H and O–H groups in total. The van der Waals surface area contributed by atoms with Crippen molar-refractivity contribution in [2.24, 2.45) is 5.92 Å². The Balaban J connectivity index is 1.51. The van der Waals surface area contributed by atoms with E-state index in [0.717, 1.165) is 24.8 Å². The monoisotopic (exact) mass is 330 g/mol. The van der Waals surface area contributed by atoms with Crippen LogP contribution in [0.3, 0.4) is 0 Å². The van der Waals surface area contributed by atoms with Crippen molar-refractivity contribution in [2.45, 2.75) is 45.6 Å². The van der Waals surface area contributed by atoms with E-state index in [1.807, 2.05) is 25.3 Å². The molecule has 0 unspecified atom stereocenters. The fraction of sp³-hybridized carbons (Fsp3) is 0.526. The zero-order chi connectivity index (χ0) is 15.9. The van der Waals surface area contributed by atoms with Crippen molar-refractivity contribution in [1.29, 1.82) is 0 Å². The first-order valence-electron chi connectivity index (χ1n) is 8.74. The van der Waals surface area contributed by atoms with Gasteiger partial charge in [-0.2, -0.15) is 0 Å². The van der Waals surface area contributed by atoms with Crippen LogP contribution in [-0.4, -0.2) is 18.1 Å². The summed E-state index contributed by atoms with van der Waals surface area (Å²) in [5.41, 5.74) is 1.21. The van der Waals surface area contributed by atoms with Crippen LogP contribution in [0.25, 0.3) is 10.4 Å². The van der Waals surface area contributed by atoms with E-state index in [4.69, 9.17) is 4.74 Å². The topological polar surface area (TPSA) is 34.1 Å². The smallest absolute Gasteiger partial charge is 0.119 e. The molecular weight excluding hydrogens is 304 g/mol. The first kappa shape index (κ1) is 16.5. The van der Waals surface area contributed by atoms with Crippen molar-refractivity contribution in [3.05, 3.63) is 35.5 Å². The Morgan fingerprint density at radius 3 is 2.70 bits per heavy atom. The fourth-order valence-electron chi connectivity index (χ4n) is 3.18. The van der Waals surface area contributed by atoms with Crippen LogP contribution in [0.15, 0.2) is 30.5 Å². The Hall–Kier alpha value is -1.39. The van der Waals surface area contributed by atoms with E-state index in [0.29, 0.717) is 6.61 Å². The van der Waals surface area contributed by atoms with E-state index in [9.17, 15) is 0 Å². The summed E-state index contributed by atoms with van der Waals surface area (Å²) >= 11 is 1.78. The summed E-state index contributed by atoms with van der Waals surface area (Å²) < 4.78 is 5.49. The van der Waals surface area contributed by atoms with Crippen molar-refractivity contribution >= 4 is 11.3 Å². The van der Waals surface area contributed by atoms with Crippen molar-refractivity contribution < 1.29 is 4.74 Å². The van der Waals surface area contributed by atoms with Gasteiger partial charge in [-0.05, 0) is 62.1 Å². The van der Waals surface area contributed by atoms with Crippen LogP contribution in [0.4, 0.5) is 0 Å². The first-order chi connectivity index (χ1) is 11.3. The molecule has 4 heteroatoms. The van der Waals surface area contributed by atoms with Crippen LogP contribution < -0.4 is 10.1 Å². The molecule has 3 nitrogen and oxygen atoms in total. The molecule has 1 aromatic carbocycles. The molecule has 1 heterocycles. The van der Waals surface area contributed by atoms with Gasteiger partial charge in [0.1, 0.15) is 10.8 Å². The van der Waals surface area contributed by atoms with Gasteiger partial charge >= 0.3 is 0 Å². The molecule has 0 saturated heterocycles. The molecule has 2 aromatic rings. The summed E-state index contributed by atoms with van der Waals surface area (Å²) in [5, 5.41) is 4.76. The van der Waals surface area contributed by atoms with Crippen LogP contribution in [0.5, 0.6) is 5.75 Å². The van der Waals surface area contributed by atoms with Crippen molar-refractivity contribution in [2.75, 3.05) is 13.2 Å². The molecule has 0 bridgehead atoms. The second kappa shape index (κ2) is 8.46. The van der Waals surface area contributed by atoms with Gasteiger partial charge in [-0.1, -0.05) is 19.3 Å². The molecule has 0 amide bonds. The van der Waals surface area contributed by atoms with Crippen molar-refractivity contribution in [3.63, 3.8) is 0 Å². The molecule has 1 aromatic heterocycles. The number of ether oxygens (including phenoxy) is 1. The number of aromatic nitrogens is 1. The minimum atomic E-state index is 0.705. The number of nitrogens with zero attached hydrogens (tertiary/aromatic N) is 1. The molecule has 3 rings (SSSR count). The average molecular weight is 330 g/mol. The number of hydrogen-bond acceptors (Lipinski definition) is 4. The lowest BCUT2D eigenvalue weighted by Crippen LogP contribution is -2.24. The number of benzene rings is 1. The van der Waals surface area contributed by atoms with Crippen molar-refractivity contribution in [3.8, 4) is 16.2 Å². The summed E-state index contributed by atoms with van der Waals surface area (Å²) in [6.45, 7) is 4.73. The molecule has 1 aliphatic carbocycles. The van der Waals surface area contributed by atoms with Gasteiger partial charge in [-0.3, -0.25) is 0 Å². The van der Waals surface area contributed by atoms with Gasteiger partial charge in [0.05, 0.1) is 11.5 Å². The fourth-order valence-corrected chi connectivity index (χ4v) is 4.07. The standard InChI is InChI=1S/C19H26N2OS/c1-2-22-17-10-8-16(9-11-17)18-13-21-19(23-18)14-20-12-15-6-4-3-5-7-15/h8-11,13,15,20H,2-7,12,14H2,1H3. The maximum absolute atomic E-state index is 5.49. The summed E-state index contributed by atoms with van der Waals surface area (Å²) in [6, 6.07) is 8.27. The minimum absolute atomic E-state index is 0.705. The van der Waals surface area contributed by atoms with Gasteiger partial charge in [0.15, 0.2) is 0 Å². The van der Waals surface area contributed by atoms with Crippen molar-refractivity contribution in [1.82, 2.24) is 10.3 Å². The third kappa shape index (κ3) is 4.79. The van der Waals surface area contributed by atoms with Gasteiger partial charge in [0, 0.05) is 12.7 Å². The van der Waals surface area contributed by atoms with E-state index < -0.39 is 0 Å². The lowest BCUT2D eigenvalue weighted by molar-refractivity contribution is 0.340. The molecule has 124 valence electrons. The Bertz CT molecular complexity index is 588. The molecule has 23 heavy (non-hydrogen) atoms. The Morgan fingerprint density at radius 2 is 1.96 bits per heavy atom. The van der Waals surface area contributed by atoms with Crippen LogP contribution in [0.2, 0.25) is 0 Å². The summed E-state index contributed by atoms with van der Waals surface area (Å²) in [4.78, 5) is 5.78. The molecule has 1 aliphatic rings. The van der Waals surface area contributed by atoms with E-state index in [1.54, 1.807) is 11.3 Å². The maximum Gasteiger partial charge on any atom is 0.119 e. The third-order valence-corrected chi connectivity index (χ3v) is 5.48. The Labute approximate surface area is 143 Å². The number of nitrogens with one attached hydrogen (secondary N) is 1. The molecule has 0 spiro atoms. The Kier molecular flexibility index (Phi) is 6.06. The normalized spacial score (nSPS) is 15.7. The van der Waals surface area contributed by atoms with Gasteiger partial charge in [0.25, 0.3) is 0 Å². The van der Waals surface area contributed by atoms with E-state index in [-0.39, 0.29) is 0 Å². The quantitative estimate of drug-likeness (QED) is 0.786. The van der Waals surface area contributed by atoms with Gasteiger partial charge in [0.2, 0.25) is 0 Å². The number of rotatable bonds is 7. The van der Waals surface area contributed by atoms with E-state index >= 15 is 0 Å². The summed E-state index contributed by atoms with van der Waals surface area (Å²) in [6.07, 6.45) is 9.01. The van der Waals surface area contributed by atoms with E-state index in [2.05, 4.69) is 22.4 Å². The van der Waals surface area contributed by atoms with Crippen LogP contribution in [0, 0.1) is 5.92 Å².